The number of amides is 2. The van der Waals surface area contributed by atoms with Gasteiger partial charge in [0.15, 0.2) is 12.0 Å². The average Bonchev–Trinajstić information content (AvgIpc) is 2.84. The summed E-state index contributed by atoms with van der Waals surface area (Å²) in [5.74, 6) is -1.09. The van der Waals surface area contributed by atoms with Gasteiger partial charge < -0.3 is 15.4 Å². The number of halogens is 1. The van der Waals surface area contributed by atoms with Crippen LogP contribution in [0.4, 0.5) is 9.18 Å². The van der Waals surface area contributed by atoms with Crippen LogP contribution in [0.5, 0.6) is 0 Å². The monoisotopic (exact) mass is 470 g/mol. The summed E-state index contributed by atoms with van der Waals surface area (Å²) in [6.07, 6.45) is 0.275. The molecule has 184 valence electrons. The van der Waals surface area contributed by atoms with E-state index in [0.29, 0.717) is 12.8 Å². The highest BCUT2D eigenvalue weighted by Gasteiger charge is 2.28. The van der Waals surface area contributed by atoms with Crippen molar-refractivity contribution in [2.24, 2.45) is 5.92 Å². The molecule has 2 N–H and O–H groups in total. The Morgan fingerprint density at radius 2 is 1.53 bits per heavy atom. The lowest BCUT2D eigenvalue weighted by Crippen LogP contribution is -2.48. The minimum atomic E-state index is -1.64. The molecular formula is C27H35FN2O4. The maximum atomic E-state index is 14.7. The molecule has 2 rings (SSSR count). The summed E-state index contributed by atoms with van der Waals surface area (Å²) in [6.45, 7) is 3.53. The van der Waals surface area contributed by atoms with E-state index in [-0.39, 0.29) is 25.5 Å². The van der Waals surface area contributed by atoms with Crippen LogP contribution in [0.3, 0.4) is 0 Å². The standard InChI is InChI=1S/C27H35FN2O4/c1-20(2)17-24(26(32)23(28)16-10-9-13-21-11-5-3-6-12-21)30-25(31)18-29-27(33)34-19-22-14-7-4-8-15-22/h3-8,11-12,14-15,20,23-24H,9-10,13,16-19H2,1-2H3,(H,29,33)(H,30,31). The summed E-state index contributed by atoms with van der Waals surface area (Å²) < 4.78 is 19.7. The van der Waals surface area contributed by atoms with Gasteiger partial charge in [-0.25, -0.2) is 9.18 Å². The van der Waals surface area contributed by atoms with Gasteiger partial charge in [0, 0.05) is 0 Å². The second-order valence-corrected chi connectivity index (χ2v) is 8.77. The Morgan fingerprint density at radius 1 is 0.912 bits per heavy atom. The first-order chi connectivity index (χ1) is 16.3. The minimum absolute atomic E-state index is 0.0799. The number of Topliss-reactive ketones (excluding diaryl/α,β-unsaturated/α-hetero) is 1. The Balaban J connectivity index is 1.74. The van der Waals surface area contributed by atoms with Crippen molar-refractivity contribution in [3.63, 3.8) is 0 Å². The van der Waals surface area contributed by atoms with E-state index in [1.807, 2.05) is 74.5 Å². The number of aryl methyl sites for hydroxylation is 1. The molecule has 0 aliphatic rings. The summed E-state index contributed by atoms with van der Waals surface area (Å²) in [5.41, 5.74) is 2.01. The number of hydrogen-bond donors (Lipinski definition) is 2. The zero-order valence-electron chi connectivity index (χ0n) is 20.0. The number of hydrogen-bond acceptors (Lipinski definition) is 4. The molecule has 0 aliphatic carbocycles. The fourth-order valence-corrected chi connectivity index (χ4v) is 3.55. The first kappa shape index (κ1) is 27.0. The van der Waals surface area contributed by atoms with Gasteiger partial charge in [-0.1, -0.05) is 74.5 Å². The van der Waals surface area contributed by atoms with Gasteiger partial charge in [0.1, 0.15) is 13.2 Å². The molecule has 0 saturated heterocycles. The summed E-state index contributed by atoms with van der Waals surface area (Å²) >= 11 is 0. The van der Waals surface area contributed by atoms with E-state index < -0.39 is 30.0 Å². The number of alkyl halides is 1. The van der Waals surface area contributed by atoms with E-state index in [9.17, 15) is 18.8 Å². The van der Waals surface area contributed by atoms with Crippen molar-refractivity contribution in [3.8, 4) is 0 Å². The van der Waals surface area contributed by atoms with Crippen LogP contribution in [-0.4, -0.2) is 36.5 Å². The second-order valence-electron chi connectivity index (χ2n) is 8.77. The van der Waals surface area contributed by atoms with E-state index in [1.165, 1.54) is 5.56 Å². The third-order valence-corrected chi connectivity index (χ3v) is 5.32. The Morgan fingerprint density at radius 3 is 2.15 bits per heavy atom. The second kappa shape index (κ2) is 14.8. The molecule has 2 atom stereocenters. The van der Waals surface area contributed by atoms with E-state index in [4.69, 9.17) is 4.74 Å². The third-order valence-electron chi connectivity index (χ3n) is 5.32. The average molecular weight is 471 g/mol. The van der Waals surface area contributed by atoms with Gasteiger partial charge in [-0.15, -0.1) is 0 Å². The van der Waals surface area contributed by atoms with Crippen LogP contribution in [0.25, 0.3) is 0 Å². The molecule has 0 bridgehead atoms. The highest BCUT2D eigenvalue weighted by atomic mass is 19.1. The highest BCUT2D eigenvalue weighted by Crippen LogP contribution is 2.15. The van der Waals surface area contributed by atoms with Gasteiger partial charge in [-0.05, 0) is 49.1 Å². The lowest BCUT2D eigenvalue weighted by atomic mass is 9.95. The van der Waals surface area contributed by atoms with Crippen molar-refractivity contribution >= 4 is 17.8 Å². The Bertz CT molecular complexity index is 890. The maximum absolute atomic E-state index is 14.7. The summed E-state index contributed by atoms with van der Waals surface area (Å²) in [7, 11) is 0. The first-order valence-corrected chi connectivity index (χ1v) is 11.8. The SMILES string of the molecule is CC(C)CC(NC(=O)CNC(=O)OCc1ccccc1)C(=O)C(F)CCCCc1ccccc1. The molecule has 0 heterocycles. The number of benzene rings is 2. The fourth-order valence-electron chi connectivity index (χ4n) is 3.55. The van der Waals surface area contributed by atoms with Gasteiger partial charge >= 0.3 is 6.09 Å². The van der Waals surface area contributed by atoms with Gasteiger partial charge in [0.25, 0.3) is 0 Å². The summed E-state index contributed by atoms with van der Waals surface area (Å²) in [4.78, 5) is 36.8. The molecule has 0 aliphatic heterocycles. The number of ketones is 1. The first-order valence-electron chi connectivity index (χ1n) is 11.8. The molecule has 0 aromatic heterocycles. The predicted octanol–water partition coefficient (Wildman–Crippen LogP) is 4.76. The number of carbonyl (C=O) groups excluding carboxylic acids is 3. The molecule has 7 heteroatoms. The van der Waals surface area contributed by atoms with Crippen LogP contribution in [-0.2, 0) is 27.4 Å². The van der Waals surface area contributed by atoms with Gasteiger partial charge in [0.2, 0.25) is 5.91 Å². The molecule has 0 saturated carbocycles. The normalized spacial score (nSPS) is 12.6. The lowest BCUT2D eigenvalue weighted by Gasteiger charge is -2.21. The molecule has 0 radical (unpaired) electrons. The van der Waals surface area contributed by atoms with E-state index in [1.54, 1.807) is 0 Å². The molecule has 34 heavy (non-hydrogen) atoms. The van der Waals surface area contributed by atoms with E-state index >= 15 is 0 Å². The number of rotatable bonds is 14. The van der Waals surface area contributed by atoms with Crippen molar-refractivity contribution in [2.75, 3.05) is 6.54 Å². The molecule has 2 unspecified atom stereocenters. The molecule has 2 aromatic carbocycles. The lowest BCUT2D eigenvalue weighted by molar-refractivity contribution is -0.130. The van der Waals surface area contributed by atoms with Crippen molar-refractivity contribution in [2.45, 2.75) is 64.8 Å². The Kier molecular flexibility index (Phi) is 11.8. The van der Waals surface area contributed by atoms with Gasteiger partial charge in [-0.3, -0.25) is 9.59 Å². The largest absolute Gasteiger partial charge is 0.445 e. The Labute approximate surface area is 201 Å². The van der Waals surface area contributed by atoms with Crippen LogP contribution in [0.1, 0.15) is 50.7 Å². The third kappa shape index (κ3) is 10.6. The highest BCUT2D eigenvalue weighted by molar-refractivity contribution is 5.92. The summed E-state index contributed by atoms with van der Waals surface area (Å²) in [5, 5.41) is 4.93. The molecule has 0 fully saturated rings. The van der Waals surface area contributed by atoms with E-state index in [2.05, 4.69) is 10.6 Å². The van der Waals surface area contributed by atoms with E-state index in [0.717, 1.165) is 18.4 Å². The number of alkyl carbamates (subject to hydrolysis) is 1. The van der Waals surface area contributed by atoms with Gasteiger partial charge in [0.05, 0.1) is 6.04 Å². The zero-order chi connectivity index (χ0) is 24.8. The smallest absolute Gasteiger partial charge is 0.407 e. The molecule has 2 amide bonds. The van der Waals surface area contributed by atoms with Crippen molar-refractivity contribution in [1.82, 2.24) is 10.6 Å². The van der Waals surface area contributed by atoms with Gasteiger partial charge in [-0.2, -0.15) is 0 Å². The topological polar surface area (TPSA) is 84.5 Å². The molecule has 2 aromatic rings. The van der Waals surface area contributed by atoms with Crippen molar-refractivity contribution in [1.29, 1.82) is 0 Å². The molecular weight excluding hydrogens is 435 g/mol. The Hall–Kier alpha value is -3.22. The number of carbonyl (C=O) groups is 3. The minimum Gasteiger partial charge on any atom is -0.445 e. The van der Waals surface area contributed by atoms with Crippen molar-refractivity contribution < 1.29 is 23.5 Å². The van der Waals surface area contributed by atoms with Crippen molar-refractivity contribution in [3.05, 3.63) is 71.8 Å². The number of unbranched alkanes of at least 4 members (excludes halogenated alkanes) is 1. The fraction of sp³-hybridized carbons (Fsp3) is 0.444. The number of ether oxygens (including phenoxy) is 1. The molecule has 0 spiro atoms. The summed E-state index contributed by atoms with van der Waals surface area (Å²) in [6, 6.07) is 18.2. The van der Waals surface area contributed by atoms with Crippen LogP contribution in [0.15, 0.2) is 60.7 Å². The van der Waals surface area contributed by atoms with Crippen LogP contribution in [0.2, 0.25) is 0 Å². The quantitative estimate of drug-likeness (QED) is 0.390. The maximum Gasteiger partial charge on any atom is 0.407 e. The van der Waals surface area contributed by atoms with Crippen LogP contribution < -0.4 is 10.6 Å². The van der Waals surface area contributed by atoms with Crippen LogP contribution >= 0.6 is 0 Å². The van der Waals surface area contributed by atoms with Crippen LogP contribution in [0, 0.1) is 5.92 Å². The number of nitrogens with one attached hydrogen (secondary N) is 2. The zero-order valence-corrected chi connectivity index (χ0v) is 20.0. The molecule has 6 nitrogen and oxygen atoms in total. The predicted molar refractivity (Wildman–Crippen MR) is 130 cm³/mol.